The zero-order valence-corrected chi connectivity index (χ0v) is 28.0. The lowest BCUT2D eigenvalue weighted by Crippen LogP contribution is -1.95. The molecule has 0 atom stereocenters. The molecule has 0 fully saturated rings. The predicted octanol–water partition coefficient (Wildman–Crippen LogP) is 12.8. The fourth-order valence-electron chi connectivity index (χ4n) is 7.99. The summed E-state index contributed by atoms with van der Waals surface area (Å²) in [5.41, 5.74) is 11.1. The van der Waals surface area contributed by atoms with Gasteiger partial charge in [0.25, 0.3) is 0 Å². The van der Waals surface area contributed by atoms with E-state index >= 15 is 0 Å². The van der Waals surface area contributed by atoms with Gasteiger partial charge in [-0.05, 0) is 64.4 Å². The molecule has 0 amide bonds. The summed E-state index contributed by atoms with van der Waals surface area (Å²) in [6.45, 7) is 0. The Morgan fingerprint density at radius 3 is 2.04 bits per heavy atom. The molecule has 0 unspecified atom stereocenters. The molecule has 0 bridgehead atoms. The summed E-state index contributed by atoms with van der Waals surface area (Å²) in [5.74, 6) is 0.639. The standard InChI is InChI=1S/C48H29N3O/c1-2-11-30(12-3-1)31-21-23-33(24-22-31)46-37-15-6-8-19-41(37)49-48(50-46)39-18-10-17-36-40-29-34(26-28-44(40)52-47(36)39)51-42-20-9-7-16-38(42)45-35-14-5-4-13-32(35)25-27-43(45)51/h1-29H. The number of benzene rings is 8. The Balaban J connectivity index is 1.08. The maximum Gasteiger partial charge on any atom is 0.164 e. The number of nitrogens with zero attached hydrogens (tertiary/aromatic N) is 3. The van der Waals surface area contributed by atoms with E-state index in [1.54, 1.807) is 0 Å². The maximum absolute atomic E-state index is 6.68. The molecule has 0 saturated heterocycles. The van der Waals surface area contributed by atoms with Crippen LogP contribution in [0, 0.1) is 0 Å². The van der Waals surface area contributed by atoms with Crippen molar-refractivity contribution in [3.8, 4) is 39.5 Å². The van der Waals surface area contributed by atoms with E-state index in [2.05, 4.69) is 162 Å². The van der Waals surface area contributed by atoms with E-state index < -0.39 is 0 Å². The highest BCUT2D eigenvalue weighted by molar-refractivity contribution is 6.21. The topological polar surface area (TPSA) is 43.9 Å². The van der Waals surface area contributed by atoms with Gasteiger partial charge in [0, 0.05) is 38.2 Å². The molecule has 0 aliphatic carbocycles. The summed E-state index contributed by atoms with van der Waals surface area (Å²) < 4.78 is 9.05. The van der Waals surface area contributed by atoms with Crippen molar-refractivity contribution in [2.45, 2.75) is 0 Å². The Morgan fingerprint density at radius 1 is 0.442 bits per heavy atom. The van der Waals surface area contributed by atoms with Crippen LogP contribution in [0.2, 0.25) is 0 Å². The third-order valence-corrected chi connectivity index (χ3v) is 10.4. The van der Waals surface area contributed by atoms with Gasteiger partial charge in [0.1, 0.15) is 11.2 Å². The zero-order valence-electron chi connectivity index (χ0n) is 28.0. The molecule has 3 aromatic heterocycles. The highest BCUT2D eigenvalue weighted by Gasteiger charge is 2.19. The van der Waals surface area contributed by atoms with Crippen LogP contribution in [0.3, 0.4) is 0 Å². The van der Waals surface area contributed by atoms with Crippen LogP contribution in [-0.4, -0.2) is 14.5 Å². The van der Waals surface area contributed by atoms with Crippen molar-refractivity contribution in [2.24, 2.45) is 0 Å². The fraction of sp³-hybridized carbons (Fsp3) is 0. The average molecular weight is 664 g/mol. The molecular formula is C48H29N3O. The third-order valence-electron chi connectivity index (χ3n) is 10.4. The van der Waals surface area contributed by atoms with Crippen molar-refractivity contribution >= 4 is 65.4 Å². The summed E-state index contributed by atoms with van der Waals surface area (Å²) in [7, 11) is 0. The molecule has 8 aromatic carbocycles. The average Bonchev–Trinajstić information content (AvgIpc) is 3.76. The molecule has 0 spiro atoms. The van der Waals surface area contributed by atoms with E-state index in [4.69, 9.17) is 14.4 Å². The van der Waals surface area contributed by atoms with E-state index in [9.17, 15) is 0 Å². The Labute approximate surface area is 298 Å². The molecule has 0 saturated carbocycles. The number of hydrogen-bond donors (Lipinski definition) is 0. The molecule has 242 valence electrons. The molecule has 4 heteroatoms. The van der Waals surface area contributed by atoms with Crippen molar-refractivity contribution in [2.75, 3.05) is 0 Å². The van der Waals surface area contributed by atoms with Crippen molar-refractivity contribution in [1.82, 2.24) is 14.5 Å². The molecular weight excluding hydrogens is 635 g/mol. The molecule has 0 radical (unpaired) electrons. The van der Waals surface area contributed by atoms with Gasteiger partial charge in [0.2, 0.25) is 0 Å². The maximum atomic E-state index is 6.68. The molecule has 3 heterocycles. The first-order valence-corrected chi connectivity index (χ1v) is 17.6. The number of furan rings is 1. The first kappa shape index (κ1) is 28.8. The second kappa shape index (κ2) is 11.2. The summed E-state index contributed by atoms with van der Waals surface area (Å²) >= 11 is 0. The lowest BCUT2D eigenvalue weighted by atomic mass is 10.0. The number of para-hydroxylation sites is 3. The van der Waals surface area contributed by atoms with E-state index in [-0.39, 0.29) is 0 Å². The SMILES string of the molecule is c1ccc(-c2ccc(-c3nc(-c4cccc5c4oc4ccc(-n6c7ccccc7c7c8ccccc8ccc76)cc45)nc4ccccc34)cc2)cc1. The molecule has 52 heavy (non-hydrogen) atoms. The van der Waals surface area contributed by atoms with E-state index in [0.717, 1.165) is 55.3 Å². The number of hydrogen-bond acceptors (Lipinski definition) is 3. The highest BCUT2D eigenvalue weighted by atomic mass is 16.3. The van der Waals surface area contributed by atoms with Gasteiger partial charge in [0.15, 0.2) is 5.82 Å². The molecule has 11 rings (SSSR count). The van der Waals surface area contributed by atoms with Gasteiger partial charge < -0.3 is 8.98 Å². The van der Waals surface area contributed by atoms with Gasteiger partial charge in [0.05, 0.1) is 27.8 Å². The van der Waals surface area contributed by atoms with Crippen molar-refractivity contribution < 1.29 is 4.42 Å². The first-order chi connectivity index (χ1) is 25.8. The monoisotopic (exact) mass is 663 g/mol. The number of rotatable bonds is 4. The van der Waals surface area contributed by atoms with E-state index in [0.29, 0.717) is 5.82 Å². The molecule has 0 aliphatic rings. The second-order valence-electron chi connectivity index (χ2n) is 13.4. The smallest absolute Gasteiger partial charge is 0.164 e. The number of aromatic nitrogens is 3. The van der Waals surface area contributed by atoms with E-state index in [1.165, 1.54) is 43.7 Å². The van der Waals surface area contributed by atoms with Gasteiger partial charge in [-0.25, -0.2) is 9.97 Å². The normalized spacial score (nSPS) is 11.8. The zero-order chi connectivity index (χ0) is 34.2. The lowest BCUT2D eigenvalue weighted by molar-refractivity contribution is 0.669. The van der Waals surface area contributed by atoms with Crippen LogP contribution in [0.5, 0.6) is 0 Å². The summed E-state index contributed by atoms with van der Waals surface area (Å²) in [6, 6.07) is 61.9. The van der Waals surface area contributed by atoms with Crippen molar-refractivity contribution in [3.63, 3.8) is 0 Å². The van der Waals surface area contributed by atoms with Crippen LogP contribution in [-0.2, 0) is 0 Å². The van der Waals surface area contributed by atoms with Gasteiger partial charge in [-0.1, -0.05) is 133 Å². The van der Waals surface area contributed by atoms with Crippen molar-refractivity contribution in [1.29, 1.82) is 0 Å². The van der Waals surface area contributed by atoms with Crippen LogP contribution < -0.4 is 0 Å². The van der Waals surface area contributed by atoms with Crippen LogP contribution >= 0.6 is 0 Å². The first-order valence-electron chi connectivity index (χ1n) is 17.6. The highest BCUT2D eigenvalue weighted by Crippen LogP contribution is 2.40. The van der Waals surface area contributed by atoms with Gasteiger partial charge in [-0.2, -0.15) is 0 Å². The number of fused-ring (bicyclic) bond motifs is 9. The van der Waals surface area contributed by atoms with Crippen LogP contribution in [0.4, 0.5) is 0 Å². The predicted molar refractivity (Wildman–Crippen MR) is 215 cm³/mol. The van der Waals surface area contributed by atoms with Crippen molar-refractivity contribution in [3.05, 3.63) is 176 Å². The Morgan fingerprint density at radius 2 is 1.15 bits per heavy atom. The Kier molecular flexibility index (Phi) is 6.22. The Hall–Kier alpha value is -7.04. The van der Waals surface area contributed by atoms with Gasteiger partial charge >= 0.3 is 0 Å². The minimum Gasteiger partial charge on any atom is -0.455 e. The largest absolute Gasteiger partial charge is 0.455 e. The fourth-order valence-corrected chi connectivity index (χ4v) is 7.99. The quantitative estimate of drug-likeness (QED) is 0.188. The van der Waals surface area contributed by atoms with Gasteiger partial charge in [-0.3, -0.25) is 0 Å². The molecule has 11 aromatic rings. The minimum absolute atomic E-state index is 0.639. The lowest BCUT2D eigenvalue weighted by Gasteiger charge is -2.10. The summed E-state index contributed by atoms with van der Waals surface area (Å²) in [5, 5.41) is 8.12. The van der Waals surface area contributed by atoms with Crippen LogP contribution in [0.15, 0.2) is 180 Å². The van der Waals surface area contributed by atoms with Crippen LogP contribution in [0.25, 0.3) is 105 Å². The minimum atomic E-state index is 0.639. The third kappa shape index (κ3) is 4.34. The van der Waals surface area contributed by atoms with E-state index in [1.807, 2.05) is 18.2 Å². The molecule has 0 aliphatic heterocycles. The summed E-state index contributed by atoms with van der Waals surface area (Å²) in [4.78, 5) is 10.3. The Bertz CT molecular complexity index is 3170. The molecule has 0 N–H and O–H groups in total. The van der Waals surface area contributed by atoms with Crippen LogP contribution in [0.1, 0.15) is 0 Å². The molecule has 4 nitrogen and oxygen atoms in total. The summed E-state index contributed by atoms with van der Waals surface area (Å²) in [6.07, 6.45) is 0. The van der Waals surface area contributed by atoms with Gasteiger partial charge in [-0.15, -0.1) is 0 Å². The second-order valence-corrected chi connectivity index (χ2v) is 13.4.